The van der Waals surface area contributed by atoms with E-state index in [1.54, 1.807) is 11.1 Å². The lowest BCUT2D eigenvalue weighted by atomic mass is 9.70. The van der Waals surface area contributed by atoms with Crippen molar-refractivity contribution in [1.29, 1.82) is 0 Å². The second-order valence-corrected chi connectivity index (χ2v) is 25.6. The van der Waals surface area contributed by atoms with Gasteiger partial charge in [0.25, 0.3) is 0 Å². The Morgan fingerprint density at radius 2 is 0.393 bits per heavy atom. The maximum atomic E-state index is 2.53. The SMILES string of the molecule is CCCCCCCCC1(CCCCCCCC)c2cc(C)ccc2-c2ccc(C)cc21.Cc1ccc(N(c2ccc(C)cc2)c2ccc(C)cc2)cc1.Cc1ccc(N(c2ccc(C)cc2)c2ccc(N(c3ccc(C)cc3)c3ccc(C)cc3)cc2)cc1. The third kappa shape index (κ3) is 17.1. The number of anilines is 9. The minimum Gasteiger partial charge on any atom is -0.311 e. The molecule has 0 heterocycles. The van der Waals surface area contributed by atoms with Crippen LogP contribution >= 0.6 is 0 Å². The van der Waals surface area contributed by atoms with Gasteiger partial charge in [0.05, 0.1) is 0 Å². The summed E-state index contributed by atoms with van der Waals surface area (Å²) in [6.07, 6.45) is 19.2. The molecule has 0 amide bonds. The molecule has 0 aromatic heterocycles. The van der Waals surface area contributed by atoms with Crippen LogP contribution < -0.4 is 14.7 Å². The van der Waals surface area contributed by atoms with Gasteiger partial charge in [-0.1, -0.05) is 262 Å². The number of hydrogen-bond acceptors (Lipinski definition) is 3. The summed E-state index contributed by atoms with van der Waals surface area (Å²) in [6, 6.07) is 84.2. The largest absolute Gasteiger partial charge is 0.311 e. The molecule has 0 aliphatic heterocycles. The van der Waals surface area contributed by atoms with Crippen molar-refractivity contribution >= 4 is 51.2 Å². The third-order valence-electron chi connectivity index (χ3n) is 18.0. The van der Waals surface area contributed by atoms with Gasteiger partial charge in [-0.3, -0.25) is 0 Å². The van der Waals surface area contributed by atoms with Gasteiger partial charge in [-0.15, -0.1) is 0 Å². The van der Waals surface area contributed by atoms with Crippen molar-refractivity contribution in [1.82, 2.24) is 0 Å². The number of hydrogen-bond donors (Lipinski definition) is 0. The summed E-state index contributed by atoms with van der Waals surface area (Å²) in [5.41, 5.74) is 28.6. The normalized spacial score (nSPS) is 11.8. The number of nitrogens with zero attached hydrogens (tertiary/aromatic N) is 3. The van der Waals surface area contributed by atoms with E-state index in [1.165, 1.54) is 168 Å². The van der Waals surface area contributed by atoms with Gasteiger partial charge in [0, 0.05) is 56.6 Å². The van der Waals surface area contributed by atoms with E-state index in [1.807, 2.05) is 0 Å². The van der Waals surface area contributed by atoms with Gasteiger partial charge >= 0.3 is 0 Å². The van der Waals surface area contributed by atoms with Crippen LogP contribution in [-0.2, 0) is 5.41 Å². The molecule has 0 bridgehead atoms. The first-order valence-corrected chi connectivity index (χ1v) is 33.4. The number of rotatable bonds is 23. The van der Waals surface area contributed by atoms with Crippen molar-refractivity contribution in [2.75, 3.05) is 14.7 Å². The van der Waals surface area contributed by atoms with Crippen LogP contribution in [0.4, 0.5) is 51.2 Å². The zero-order valence-corrected chi connectivity index (χ0v) is 55.7. The van der Waals surface area contributed by atoms with Gasteiger partial charge < -0.3 is 14.7 Å². The summed E-state index contributed by atoms with van der Waals surface area (Å²) >= 11 is 0. The van der Waals surface area contributed by atoms with Crippen molar-refractivity contribution in [3.63, 3.8) is 0 Å². The van der Waals surface area contributed by atoms with Crippen LogP contribution in [0, 0.1) is 62.3 Å². The lowest BCUT2D eigenvalue weighted by molar-refractivity contribution is 0.397. The second kappa shape index (κ2) is 31.7. The first kappa shape index (κ1) is 65.1. The van der Waals surface area contributed by atoms with E-state index in [4.69, 9.17) is 0 Å². The van der Waals surface area contributed by atoms with E-state index in [9.17, 15) is 0 Å². The lowest BCUT2D eigenvalue weighted by Crippen LogP contribution is -2.25. The molecule has 89 heavy (non-hydrogen) atoms. The minimum absolute atomic E-state index is 0.234. The van der Waals surface area contributed by atoms with Crippen molar-refractivity contribution < 1.29 is 0 Å². The van der Waals surface area contributed by atoms with Crippen LogP contribution in [0.5, 0.6) is 0 Å². The molecule has 0 saturated carbocycles. The Hall–Kier alpha value is -8.40. The van der Waals surface area contributed by atoms with E-state index < -0.39 is 0 Å². The molecule has 3 nitrogen and oxygen atoms in total. The summed E-state index contributed by atoms with van der Waals surface area (Å²) in [5.74, 6) is 0. The molecular formula is C86H99N3. The standard InChI is InChI=1S/C34H32N2.C31H46.C21H21N/c1-25-5-13-29(14-6-25)35(30-15-7-26(2)8-16-30)33-21-23-34(24-22-33)36(31-17-9-27(3)10-18-31)32-19-11-28(4)12-20-32;1-5-7-9-11-13-15-21-31(22-16-14-12-10-8-6-2)29-23-25(3)17-19-27(29)28-20-18-26(4)24-30(28)31;1-16-4-10-19(11-5-16)22(20-12-6-17(2)7-13-20)21-14-8-18(3)9-15-21/h5-24H,1-4H3;17-20,23-24H,5-16,21-22H2,1-4H3;4-15H,1-3H3. The molecule has 10 aromatic rings. The fourth-order valence-electron chi connectivity index (χ4n) is 12.8. The molecule has 0 atom stereocenters. The molecule has 0 radical (unpaired) electrons. The molecule has 10 aromatic carbocycles. The maximum Gasteiger partial charge on any atom is 0.0463 e. The first-order valence-electron chi connectivity index (χ1n) is 33.4. The molecule has 3 heteroatoms. The number of fused-ring (bicyclic) bond motifs is 3. The smallest absolute Gasteiger partial charge is 0.0463 e. The lowest BCUT2D eigenvalue weighted by Gasteiger charge is -2.33. The molecule has 11 rings (SSSR count). The van der Waals surface area contributed by atoms with Crippen LogP contribution in [-0.4, -0.2) is 0 Å². The van der Waals surface area contributed by atoms with Crippen molar-refractivity contribution in [3.05, 3.63) is 292 Å². The van der Waals surface area contributed by atoms with Gasteiger partial charge in [0.2, 0.25) is 0 Å². The Bertz CT molecular complexity index is 3360. The number of unbranched alkanes of at least 4 members (excludes halogenated alkanes) is 10. The molecule has 1 aliphatic carbocycles. The minimum atomic E-state index is 0.234. The van der Waals surface area contributed by atoms with Crippen molar-refractivity contribution in [3.8, 4) is 11.1 Å². The zero-order valence-electron chi connectivity index (χ0n) is 55.7. The Morgan fingerprint density at radius 1 is 0.213 bits per heavy atom. The van der Waals surface area contributed by atoms with E-state index in [0.717, 1.165) is 34.1 Å². The average Bonchev–Trinajstić information content (AvgIpc) is 1.64. The van der Waals surface area contributed by atoms with Crippen molar-refractivity contribution in [2.45, 2.75) is 171 Å². The second-order valence-electron chi connectivity index (χ2n) is 25.6. The summed E-state index contributed by atoms with van der Waals surface area (Å²) in [4.78, 5) is 6.91. The van der Waals surface area contributed by atoms with Crippen LogP contribution in [0.2, 0.25) is 0 Å². The molecule has 0 N–H and O–H groups in total. The molecule has 0 unspecified atom stereocenters. The molecule has 458 valence electrons. The molecular weight excluding hydrogens is 1070 g/mol. The average molecular weight is 1170 g/mol. The predicted molar refractivity (Wildman–Crippen MR) is 388 cm³/mol. The Morgan fingerprint density at radius 3 is 0.607 bits per heavy atom. The highest BCUT2D eigenvalue weighted by atomic mass is 15.2. The third-order valence-corrected chi connectivity index (χ3v) is 18.0. The van der Waals surface area contributed by atoms with E-state index in [2.05, 4.69) is 321 Å². The first-order chi connectivity index (χ1) is 43.2. The summed E-state index contributed by atoms with van der Waals surface area (Å²) in [6.45, 7) is 24.0. The van der Waals surface area contributed by atoms with Crippen LogP contribution in [0.25, 0.3) is 11.1 Å². The van der Waals surface area contributed by atoms with Gasteiger partial charge in [0.1, 0.15) is 0 Å². The highest BCUT2D eigenvalue weighted by molar-refractivity contribution is 5.83. The van der Waals surface area contributed by atoms with Gasteiger partial charge in [0.15, 0.2) is 0 Å². The fraction of sp³-hybridized carbons (Fsp3) is 0.302. The van der Waals surface area contributed by atoms with Gasteiger partial charge in [-0.2, -0.15) is 0 Å². The van der Waals surface area contributed by atoms with E-state index >= 15 is 0 Å². The van der Waals surface area contributed by atoms with Crippen molar-refractivity contribution in [2.24, 2.45) is 0 Å². The zero-order chi connectivity index (χ0) is 62.7. The van der Waals surface area contributed by atoms with Gasteiger partial charge in [-0.05, 0) is 207 Å². The van der Waals surface area contributed by atoms with E-state index in [0.29, 0.717) is 0 Å². The molecule has 1 aliphatic rings. The number of benzene rings is 10. The summed E-state index contributed by atoms with van der Waals surface area (Å²) in [7, 11) is 0. The highest BCUT2D eigenvalue weighted by Gasteiger charge is 2.42. The molecule has 0 saturated heterocycles. The summed E-state index contributed by atoms with van der Waals surface area (Å²) in [5, 5.41) is 0. The number of aryl methyl sites for hydroxylation is 9. The topological polar surface area (TPSA) is 9.72 Å². The van der Waals surface area contributed by atoms with Crippen LogP contribution in [0.1, 0.15) is 165 Å². The quantitative estimate of drug-likeness (QED) is 0.0591. The Balaban J connectivity index is 0.000000163. The molecule has 0 spiro atoms. The monoisotopic (exact) mass is 1170 g/mol. The van der Waals surface area contributed by atoms with Crippen LogP contribution in [0.3, 0.4) is 0 Å². The van der Waals surface area contributed by atoms with Crippen LogP contribution in [0.15, 0.2) is 231 Å². The van der Waals surface area contributed by atoms with Gasteiger partial charge in [-0.25, -0.2) is 0 Å². The maximum absolute atomic E-state index is 2.53. The van der Waals surface area contributed by atoms with E-state index in [-0.39, 0.29) is 5.41 Å². The summed E-state index contributed by atoms with van der Waals surface area (Å²) < 4.78 is 0. The Labute approximate surface area is 537 Å². The highest BCUT2D eigenvalue weighted by Crippen LogP contribution is 2.55. The predicted octanol–water partition coefficient (Wildman–Crippen LogP) is 26.0. The fourth-order valence-corrected chi connectivity index (χ4v) is 12.8. The Kier molecular flexibility index (Phi) is 23.2. The molecule has 0 fully saturated rings.